The second kappa shape index (κ2) is 7.62. The molecule has 29 heavy (non-hydrogen) atoms. The van der Waals surface area contributed by atoms with Gasteiger partial charge in [0.2, 0.25) is 5.88 Å². The number of anilines is 1. The van der Waals surface area contributed by atoms with Crippen molar-refractivity contribution in [3.05, 3.63) is 65.9 Å². The van der Waals surface area contributed by atoms with Gasteiger partial charge in [0.05, 0.1) is 5.69 Å². The molecule has 4 aromatic rings. The van der Waals surface area contributed by atoms with Crippen molar-refractivity contribution in [3.8, 4) is 11.9 Å². The number of carbonyl (C=O) groups excluding carboxylic acids is 1. The zero-order valence-corrected chi connectivity index (χ0v) is 15.6. The van der Waals surface area contributed by atoms with Crippen LogP contribution in [0.4, 0.5) is 10.5 Å². The first-order chi connectivity index (χ1) is 14.1. The van der Waals surface area contributed by atoms with Crippen molar-refractivity contribution in [1.29, 1.82) is 0 Å². The molecular formula is C19H19N7O3. The molecule has 0 saturated carbocycles. The quantitative estimate of drug-likeness (QED) is 0.268. The van der Waals surface area contributed by atoms with Crippen LogP contribution in [0.1, 0.15) is 11.1 Å². The summed E-state index contributed by atoms with van der Waals surface area (Å²) in [5.41, 5.74) is 5.53. The van der Waals surface area contributed by atoms with E-state index in [1.54, 1.807) is 24.4 Å². The number of rotatable bonds is 5. The number of fused-ring (bicyclic) bond motifs is 1. The van der Waals surface area contributed by atoms with E-state index in [9.17, 15) is 4.79 Å². The summed E-state index contributed by atoms with van der Waals surface area (Å²) < 4.78 is 13.0. The zero-order valence-electron chi connectivity index (χ0n) is 15.6. The minimum absolute atomic E-state index is 0.151. The Labute approximate surface area is 165 Å². The van der Waals surface area contributed by atoms with Gasteiger partial charge >= 0.3 is 12.0 Å². The number of hydrogen-bond acceptors (Lipinski definition) is 7. The predicted molar refractivity (Wildman–Crippen MR) is 106 cm³/mol. The highest BCUT2D eigenvalue weighted by atomic mass is 16.5. The number of para-hydroxylation sites is 2. The SMILES string of the molecule is Cc1cccc(N(N)C(=O)NN)c1COc1ccn(-c2nc3ccccc3o2)n1. The second-order valence-corrected chi connectivity index (χ2v) is 6.24. The van der Waals surface area contributed by atoms with E-state index in [1.165, 1.54) is 4.68 Å². The summed E-state index contributed by atoms with van der Waals surface area (Å²) in [4.78, 5) is 16.2. The Morgan fingerprint density at radius 3 is 2.86 bits per heavy atom. The van der Waals surface area contributed by atoms with Crippen LogP contribution < -0.4 is 26.9 Å². The number of hydrazine groups is 2. The fourth-order valence-electron chi connectivity index (χ4n) is 2.87. The molecule has 148 valence electrons. The summed E-state index contributed by atoms with van der Waals surface area (Å²) in [5.74, 6) is 11.4. The van der Waals surface area contributed by atoms with E-state index in [2.05, 4.69) is 10.1 Å². The van der Waals surface area contributed by atoms with Crippen LogP contribution in [0.15, 0.2) is 59.1 Å². The van der Waals surface area contributed by atoms with Gasteiger partial charge < -0.3 is 9.15 Å². The van der Waals surface area contributed by atoms with E-state index in [4.69, 9.17) is 20.8 Å². The minimum atomic E-state index is -0.642. The fourth-order valence-corrected chi connectivity index (χ4v) is 2.87. The number of nitrogens with two attached hydrogens (primary N) is 2. The Balaban J connectivity index is 1.54. The minimum Gasteiger partial charge on any atom is -0.472 e. The predicted octanol–water partition coefficient (Wildman–Crippen LogP) is 2.16. The number of carbonyl (C=O) groups is 1. The van der Waals surface area contributed by atoms with Crippen LogP contribution in [-0.2, 0) is 6.61 Å². The first-order valence-electron chi connectivity index (χ1n) is 8.75. The van der Waals surface area contributed by atoms with Crippen LogP contribution in [0.3, 0.4) is 0 Å². The van der Waals surface area contributed by atoms with Crippen molar-refractivity contribution in [2.24, 2.45) is 11.7 Å². The molecule has 0 aliphatic rings. The lowest BCUT2D eigenvalue weighted by molar-refractivity contribution is 0.246. The molecule has 0 spiro atoms. The molecule has 5 N–H and O–H groups in total. The molecule has 2 heterocycles. The molecule has 0 radical (unpaired) electrons. The average molecular weight is 393 g/mol. The molecule has 0 fully saturated rings. The van der Waals surface area contributed by atoms with Gasteiger partial charge in [0.15, 0.2) is 5.58 Å². The van der Waals surface area contributed by atoms with E-state index in [0.29, 0.717) is 23.2 Å². The van der Waals surface area contributed by atoms with Crippen LogP contribution in [0.2, 0.25) is 0 Å². The molecule has 2 aromatic heterocycles. The van der Waals surface area contributed by atoms with Gasteiger partial charge in [-0.05, 0) is 30.7 Å². The summed E-state index contributed by atoms with van der Waals surface area (Å²) in [6.45, 7) is 2.05. The molecule has 10 heteroatoms. The molecule has 0 atom stereocenters. The van der Waals surface area contributed by atoms with Crippen LogP contribution in [0.5, 0.6) is 5.88 Å². The molecule has 2 aromatic carbocycles. The third-order valence-electron chi connectivity index (χ3n) is 4.39. The first kappa shape index (κ1) is 18.5. The molecule has 0 aliphatic heterocycles. The lowest BCUT2D eigenvalue weighted by Crippen LogP contribution is -2.48. The number of amides is 2. The first-order valence-corrected chi connectivity index (χ1v) is 8.75. The fraction of sp³-hybridized carbons (Fsp3) is 0.105. The molecule has 0 unspecified atom stereocenters. The molecule has 0 bridgehead atoms. The summed E-state index contributed by atoms with van der Waals surface area (Å²) in [5, 5.41) is 5.27. The van der Waals surface area contributed by atoms with Crippen molar-refractivity contribution >= 4 is 22.8 Å². The average Bonchev–Trinajstić information content (AvgIpc) is 3.38. The summed E-state index contributed by atoms with van der Waals surface area (Å²) >= 11 is 0. The van der Waals surface area contributed by atoms with Crippen LogP contribution >= 0.6 is 0 Å². The van der Waals surface area contributed by atoms with E-state index >= 15 is 0 Å². The summed E-state index contributed by atoms with van der Waals surface area (Å²) in [7, 11) is 0. The van der Waals surface area contributed by atoms with Gasteiger partial charge in [0, 0.05) is 17.8 Å². The maximum absolute atomic E-state index is 11.8. The van der Waals surface area contributed by atoms with Crippen LogP contribution in [0.25, 0.3) is 17.1 Å². The van der Waals surface area contributed by atoms with Crippen LogP contribution in [-0.4, -0.2) is 20.8 Å². The van der Waals surface area contributed by atoms with Gasteiger partial charge in [-0.1, -0.05) is 24.3 Å². The Kier molecular flexibility index (Phi) is 4.85. The number of urea groups is 1. The molecular weight excluding hydrogens is 374 g/mol. The Morgan fingerprint density at radius 1 is 1.24 bits per heavy atom. The highest BCUT2D eigenvalue weighted by Gasteiger charge is 2.17. The van der Waals surface area contributed by atoms with Gasteiger partial charge in [-0.25, -0.2) is 21.5 Å². The standard InChI is InChI=1S/C19H19N7O3/c1-12-5-4-7-15(26(21)18(27)23-20)13(12)11-28-17-9-10-25(24-17)19-22-14-6-2-3-8-16(14)29-19/h2-10H,11,20-21H2,1H3,(H,23,27). The Morgan fingerprint density at radius 2 is 2.07 bits per heavy atom. The number of nitrogens with one attached hydrogen (secondary N) is 1. The van der Waals surface area contributed by atoms with Gasteiger partial charge in [-0.3, -0.25) is 5.43 Å². The van der Waals surface area contributed by atoms with Gasteiger partial charge in [0.25, 0.3) is 0 Å². The Hall–Kier alpha value is -3.89. The number of aryl methyl sites for hydroxylation is 1. The van der Waals surface area contributed by atoms with Gasteiger partial charge in [0.1, 0.15) is 12.1 Å². The molecule has 2 amide bonds. The molecule has 10 nitrogen and oxygen atoms in total. The van der Waals surface area contributed by atoms with Gasteiger partial charge in [-0.15, -0.1) is 5.10 Å². The molecule has 0 aliphatic carbocycles. The third-order valence-corrected chi connectivity index (χ3v) is 4.39. The highest BCUT2D eigenvalue weighted by Crippen LogP contribution is 2.24. The smallest absolute Gasteiger partial charge is 0.350 e. The summed E-state index contributed by atoms with van der Waals surface area (Å²) in [6, 6.07) is 14.2. The van der Waals surface area contributed by atoms with E-state index in [-0.39, 0.29) is 6.61 Å². The second-order valence-electron chi connectivity index (χ2n) is 6.24. The van der Waals surface area contributed by atoms with E-state index in [1.807, 2.05) is 42.7 Å². The largest absolute Gasteiger partial charge is 0.472 e. The number of oxazole rings is 1. The number of benzene rings is 2. The number of nitrogens with zero attached hydrogens (tertiary/aromatic N) is 4. The van der Waals surface area contributed by atoms with Gasteiger partial charge in [-0.2, -0.15) is 9.67 Å². The Bertz CT molecular complexity index is 1130. The van der Waals surface area contributed by atoms with Crippen molar-refractivity contribution in [1.82, 2.24) is 20.2 Å². The number of aromatic nitrogens is 3. The normalized spacial score (nSPS) is 10.9. The van der Waals surface area contributed by atoms with Crippen molar-refractivity contribution in [2.45, 2.75) is 13.5 Å². The lowest BCUT2D eigenvalue weighted by Gasteiger charge is -2.20. The van der Waals surface area contributed by atoms with Crippen molar-refractivity contribution in [3.63, 3.8) is 0 Å². The lowest BCUT2D eigenvalue weighted by atomic mass is 10.1. The van der Waals surface area contributed by atoms with E-state index < -0.39 is 6.03 Å². The monoisotopic (exact) mass is 393 g/mol. The summed E-state index contributed by atoms with van der Waals surface area (Å²) in [6.07, 6.45) is 1.69. The highest BCUT2D eigenvalue weighted by molar-refractivity contribution is 5.91. The number of hydrogen-bond donors (Lipinski definition) is 3. The van der Waals surface area contributed by atoms with Crippen molar-refractivity contribution < 1.29 is 13.9 Å². The maximum Gasteiger partial charge on any atom is 0.350 e. The molecule has 0 saturated heterocycles. The van der Waals surface area contributed by atoms with E-state index in [0.717, 1.165) is 21.7 Å². The molecule has 4 rings (SSSR count). The van der Waals surface area contributed by atoms with Crippen molar-refractivity contribution in [2.75, 3.05) is 5.01 Å². The third kappa shape index (κ3) is 3.61. The zero-order chi connectivity index (χ0) is 20.4. The number of ether oxygens (including phenoxy) is 1. The van der Waals surface area contributed by atoms with Crippen LogP contribution in [0, 0.1) is 6.92 Å². The topological polar surface area (TPSA) is 137 Å². The maximum atomic E-state index is 11.8.